The van der Waals surface area contributed by atoms with Gasteiger partial charge < -0.3 is 10.1 Å². The molecule has 0 aliphatic carbocycles. The summed E-state index contributed by atoms with van der Waals surface area (Å²) in [4.78, 5) is 14.0. The van der Waals surface area contributed by atoms with Crippen LogP contribution in [0.25, 0.3) is 0 Å². The minimum absolute atomic E-state index is 0.291. The van der Waals surface area contributed by atoms with Gasteiger partial charge in [-0.2, -0.15) is 5.10 Å². The van der Waals surface area contributed by atoms with Crippen LogP contribution in [0.1, 0.15) is 23.0 Å². The summed E-state index contributed by atoms with van der Waals surface area (Å²) < 4.78 is 6.79. The maximum atomic E-state index is 11.8. The second-order valence-electron chi connectivity index (χ2n) is 4.58. The Balaban J connectivity index is 2.10. The van der Waals surface area contributed by atoms with E-state index >= 15 is 0 Å². The molecule has 0 aromatic carbocycles. The highest BCUT2D eigenvalue weighted by atomic mass is 16.5. The predicted molar refractivity (Wildman–Crippen MR) is 67.3 cm³/mol. The number of ether oxygens (including phenoxy) is 1. The highest BCUT2D eigenvalue weighted by Gasteiger charge is 2.25. The Labute approximate surface area is 107 Å². The van der Waals surface area contributed by atoms with Gasteiger partial charge in [-0.1, -0.05) is 0 Å². The summed E-state index contributed by atoms with van der Waals surface area (Å²) >= 11 is 0. The minimum atomic E-state index is -0.291. The van der Waals surface area contributed by atoms with Gasteiger partial charge in [0, 0.05) is 32.7 Å². The van der Waals surface area contributed by atoms with Gasteiger partial charge in [-0.25, -0.2) is 4.79 Å². The van der Waals surface area contributed by atoms with Crippen LogP contribution in [0, 0.1) is 0 Å². The molecule has 2 rings (SSSR count). The zero-order valence-electron chi connectivity index (χ0n) is 11.1. The summed E-state index contributed by atoms with van der Waals surface area (Å²) in [6.45, 7) is 4.90. The molecule has 1 aliphatic heterocycles. The van der Waals surface area contributed by atoms with Crippen molar-refractivity contribution in [3.8, 4) is 0 Å². The Bertz CT molecular complexity index is 426. The molecule has 0 unspecified atom stereocenters. The van der Waals surface area contributed by atoms with Crippen LogP contribution < -0.4 is 5.32 Å². The highest BCUT2D eigenvalue weighted by Crippen LogP contribution is 2.14. The summed E-state index contributed by atoms with van der Waals surface area (Å²) in [6, 6.07) is 0.537. The number of aromatic nitrogens is 2. The van der Waals surface area contributed by atoms with E-state index in [9.17, 15) is 4.79 Å². The lowest BCUT2D eigenvalue weighted by Gasteiger charge is -2.35. The first-order valence-corrected chi connectivity index (χ1v) is 6.22. The molecular formula is C12H20N4O2. The van der Waals surface area contributed by atoms with Crippen molar-refractivity contribution in [1.29, 1.82) is 0 Å². The van der Waals surface area contributed by atoms with E-state index in [2.05, 4.69) is 22.4 Å². The third-order valence-corrected chi connectivity index (χ3v) is 3.34. The first-order valence-electron chi connectivity index (χ1n) is 6.22. The van der Waals surface area contributed by atoms with Crippen molar-refractivity contribution in [2.45, 2.75) is 19.5 Å². The molecule has 0 amide bonds. The number of hydrogen-bond donors (Lipinski definition) is 1. The molecule has 1 saturated heterocycles. The Kier molecular flexibility index (Phi) is 3.98. The second-order valence-corrected chi connectivity index (χ2v) is 4.58. The normalized spacial score (nSPS) is 15.8. The molecule has 0 atom stereocenters. The monoisotopic (exact) mass is 252 g/mol. The van der Waals surface area contributed by atoms with Crippen LogP contribution in [0.4, 0.5) is 0 Å². The molecule has 100 valence electrons. The zero-order valence-corrected chi connectivity index (χ0v) is 11.1. The van der Waals surface area contributed by atoms with E-state index in [0.29, 0.717) is 24.8 Å². The van der Waals surface area contributed by atoms with Crippen LogP contribution in [-0.2, 0) is 18.3 Å². The van der Waals surface area contributed by atoms with Crippen molar-refractivity contribution in [3.63, 3.8) is 0 Å². The van der Waals surface area contributed by atoms with Gasteiger partial charge >= 0.3 is 5.97 Å². The van der Waals surface area contributed by atoms with Gasteiger partial charge in [-0.05, 0) is 14.0 Å². The number of nitrogens with zero attached hydrogens (tertiary/aromatic N) is 3. The molecule has 1 aromatic rings. The standard InChI is InChI=1S/C12H20N4O2/c1-4-18-12(17)10-7-14-16(3)11(10)8-15(2)9-5-13-6-9/h7,9,13H,4-6,8H2,1-3H3. The van der Waals surface area contributed by atoms with E-state index in [1.807, 2.05) is 7.05 Å². The van der Waals surface area contributed by atoms with Crippen LogP contribution in [0.2, 0.25) is 0 Å². The van der Waals surface area contributed by atoms with Crippen molar-refractivity contribution in [2.75, 3.05) is 26.7 Å². The fourth-order valence-electron chi connectivity index (χ4n) is 1.98. The fourth-order valence-corrected chi connectivity index (χ4v) is 1.98. The molecule has 1 aromatic heterocycles. The molecule has 0 spiro atoms. The van der Waals surface area contributed by atoms with Gasteiger partial charge in [0.1, 0.15) is 5.56 Å². The summed E-state index contributed by atoms with van der Waals surface area (Å²) in [7, 11) is 3.92. The van der Waals surface area contributed by atoms with Crippen molar-refractivity contribution in [3.05, 3.63) is 17.5 Å². The fraction of sp³-hybridized carbons (Fsp3) is 0.667. The van der Waals surface area contributed by atoms with E-state index in [1.165, 1.54) is 0 Å². The summed E-state index contributed by atoms with van der Waals surface area (Å²) in [5.74, 6) is -0.291. The third kappa shape index (κ3) is 2.54. The second kappa shape index (κ2) is 5.49. The van der Waals surface area contributed by atoms with Gasteiger partial charge in [0.2, 0.25) is 0 Å². The van der Waals surface area contributed by atoms with Crippen molar-refractivity contribution >= 4 is 5.97 Å². The van der Waals surface area contributed by atoms with Crippen LogP contribution in [0.15, 0.2) is 6.20 Å². The van der Waals surface area contributed by atoms with Crippen LogP contribution in [-0.4, -0.2) is 53.4 Å². The first kappa shape index (κ1) is 13.0. The lowest BCUT2D eigenvalue weighted by Crippen LogP contribution is -2.55. The van der Waals surface area contributed by atoms with Gasteiger partial charge in [-0.15, -0.1) is 0 Å². The van der Waals surface area contributed by atoms with E-state index in [4.69, 9.17) is 4.74 Å². The van der Waals surface area contributed by atoms with Crippen molar-refractivity contribution in [1.82, 2.24) is 20.0 Å². The number of carbonyl (C=O) groups excluding carboxylic acids is 1. The lowest BCUT2D eigenvalue weighted by molar-refractivity contribution is 0.0523. The van der Waals surface area contributed by atoms with E-state index in [0.717, 1.165) is 18.8 Å². The number of hydrogen-bond acceptors (Lipinski definition) is 5. The van der Waals surface area contributed by atoms with Crippen LogP contribution in [0.3, 0.4) is 0 Å². The van der Waals surface area contributed by atoms with Gasteiger partial charge in [0.25, 0.3) is 0 Å². The number of likely N-dealkylation sites (N-methyl/N-ethyl adjacent to an activating group) is 1. The van der Waals surface area contributed by atoms with Gasteiger partial charge in [0.05, 0.1) is 18.5 Å². The largest absolute Gasteiger partial charge is 0.462 e. The van der Waals surface area contributed by atoms with E-state index < -0.39 is 0 Å². The van der Waals surface area contributed by atoms with Crippen molar-refractivity contribution < 1.29 is 9.53 Å². The lowest BCUT2D eigenvalue weighted by atomic mass is 10.1. The molecule has 6 nitrogen and oxygen atoms in total. The number of carbonyl (C=O) groups is 1. The molecule has 1 N–H and O–H groups in total. The Morgan fingerprint density at radius 1 is 1.67 bits per heavy atom. The highest BCUT2D eigenvalue weighted by molar-refractivity contribution is 5.90. The topological polar surface area (TPSA) is 59.4 Å². The smallest absolute Gasteiger partial charge is 0.341 e. The van der Waals surface area contributed by atoms with Crippen molar-refractivity contribution in [2.24, 2.45) is 7.05 Å². The minimum Gasteiger partial charge on any atom is -0.462 e. The van der Waals surface area contributed by atoms with Gasteiger partial charge in [-0.3, -0.25) is 9.58 Å². The quantitative estimate of drug-likeness (QED) is 0.748. The van der Waals surface area contributed by atoms with E-state index in [1.54, 1.807) is 17.8 Å². The molecular weight excluding hydrogens is 232 g/mol. The van der Waals surface area contributed by atoms with Crippen LogP contribution >= 0.6 is 0 Å². The number of aryl methyl sites for hydroxylation is 1. The Morgan fingerprint density at radius 3 is 2.94 bits per heavy atom. The van der Waals surface area contributed by atoms with E-state index in [-0.39, 0.29) is 5.97 Å². The Morgan fingerprint density at radius 2 is 2.39 bits per heavy atom. The third-order valence-electron chi connectivity index (χ3n) is 3.34. The Hall–Kier alpha value is -1.40. The summed E-state index contributed by atoms with van der Waals surface area (Å²) in [5, 5.41) is 7.39. The number of rotatable bonds is 5. The maximum Gasteiger partial charge on any atom is 0.341 e. The molecule has 1 fully saturated rings. The number of esters is 1. The average Bonchev–Trinajstić information content (AvgIpc) is 2.58. The maximum absolute atomic E-state index is 11.8. The summed E-state index contributed by atoms with van der Waals surface area (Å²) in [6.07, 6.45) is 1.58. The SMILES string of the molecule is CCOC(=O)c1cnn(C)c1CN(C)C1CNC1. The average molecular weight is 252 g/mol. The molecule has 6 heteroatoms. The summed E-state index contributed by atoms with van der Waals surface area (Å²) in [5.41, 5.74) is 1.47. The molecule has 2 heterocycles. The molecule has 0 saturated carbocycles. The molecule has 1 aliphatic rings. The zero-order chi connectivity index (χ0) is 13.1. The molecule has 18 heavy (non-hydrogen) atoms. The number of nitrogens with one attached hydrogen (secondary N) is 1. The molecule has 0 radical (unpaired) electrons. The molecule has 0 bridgehead atoms. The first-order chi connectivity index (χ1) is 8.63. The van der Waals surface area contributed by atoms with Gasteiger partial charge in [0.15, 0.2) is 0 Å². The predicted octanol–water partition coefficient (Wildman–Crippen LogP) is 0.000400. The van der Waals surface area contributed by atoms with Crippen LogP contribution in [0.5, 0.6) is 0 Å².